The number of methoxy groups -OCH3 is 1. The van der Waals surface area contributed by atoms with Crippen molar-refractivity contribution in [3.05, 3.63) is 71.8 Å². The van der Waals surface area contributed by atoms with Gasteiger partial charge in [0.25, 0.3) is 0 Å². The van der Waals surface area contributed by atoms with Crippen molar-refractivity contribution in [1.29, 1.82) is 0 Å². The Hall–Kier alpha value is -2.82. The number of nitrogens with one attached hydrogen (secondary N) is 1. The SMILES string of the molecule is COC(=O)C(Cc1ccccc1)NC(=O)OCc1ccccc1. The second kappa shape index (κ2) is 8.58. The summed E-state index contributed by atoms with van der Waals surface area (Å²) in [4.78, 5) is 23.7. The topological polar surface area (TPSA) is 64.6 Å². The van der Waals surface area contributed by atoms with Gasteiger partial charge in [-0.2, -0.15) is 0 Å². The maximum Gasteiger partial charge on any atom is 0.408 e. The van der Waals surface area contributed by atoms with Gasteiger partial charge in [0.05, 0.1) is 7.11 Å². The standard InChI is InChI=1S/C18H19NO4/c1-22-17(20)16(12-14-8-4-2-5-9-14)19-18(21)23-13-15-10-6-3-7-11-15/h2-11,16H,12-13H2,1H3,(H,19,21). The Morgan fingerprint density at radius 1 is 0.957 bits per heavy atom. The van der Waals surface area contributed by atoms with Crippen molar-refractivity contribution in [2.75, 3.05) is 7.11 Å². The van der Waals surface area contributed by atoms with Gasteiger partial charge in [0.15, 0.2) is 0 Å². The molecule has 5 nitrogen and oxygen atoms in total. The number of hydrogen-bond donors (Lipinski definition) is 1. The van der Waals surface area contributed by atoms with Gasteiger partial charge >= 0.3 is 12.1 Å². The number of carbonyl (C=O) groups is 2. The highest BCUT2D eigenvalue weighted by molar-refractivity contribution is 5.81. The molecule has 0 aliphatic carbocycles. The molecule has 2 rings (SSSR count). The second-order valence-electron chi connectivity index (χ2n) is 4.97. The molecule has 0 spiro atoms. The van der Waals surface area contributed by atoms with Crippen LogP contribution in [0.5, 0.6) is 0 Å². The third kappa shape index (κ3) is 5.47. The molecule has 0 saturated carbocycles. The quantitative estimate of drug-likeness (QED) is 0.833. The van der Waals surface area contributed by atoms with Crippen molar-refractivity contribution in [2.45, 2.75) is 19.1 Å². The van der Waals surface area contributed by atoms with Crippen LogP contribution >= 0.6 is 0 Å². The van der Waals surface area contributed by atoms with Crippen LogP contribution in [0.4, 0.5) is 4.79 Å². The van der Waals surface area contributed by atoms with Crippen LogP contribution < -0.4 is 5.32 Å². The molecule has 0 aliphatic heterocycles. The smallest absolute Gasteiger partial charge is 0.408 e. The number of amides is 1. The summed E-state index contributed by atoms with van der Waals surface area (Å²) >= 11 is 0. The molecule has 0 saturated heterocycles. The lowest BCUT2D eigenvalue weighted by atomic mass is 10.1. The number of ether oxygens (including phenoxy) is 2. The fourth-order valence-corrected chi connectivity index (χ4v) is 2.09. The van der Waals surface area contributed by atoms with Crippen molar-refractivity contribution < 1.29 is 19.1 Å². The van der Waals surface area contributed by atoms with Gasteiger partial charge in [-0.3, -0.25) is 0 Å². The van der Waals surface area contributed by atoms with Crippen LogP contribution in [-0.4, -0.2) is 25.2 Å². The molecule has 1 N–H and O–H groups in total. The van der Waals surface area contributed by atoms with E-state index in [0.717, 1.165) is 11.1 Å². The maximum atomic E-state index is 11.9. The third-order valence-electron chi connectivity index (χ3n) is 3.27. The Balaban J connectivity index is 1.91. The number of benzene rings is 2. The van der Waals surface area contributed by atoms with E-state index >= 15 is 0 Å². The Bertz CT molecular complexity index is 628. The van der Waals surface area contributed by atoms with Gasteiger partial charge < -0.3 is 14.8 Å². The van der Waals surface area contributed by atoms with E-state index in [1.165, 1.54) is 7.11 Å². The minimum Gasteiger partial charge on any atom is -0.467 e. The van der Waals surface area contributed by atoms with E-state index in [0.29, 0.717) is 6.42 Å². The zero-order valence-corrected chi connectivity index (χ0v) is 12.9. The summed E-state index contributed by atoms with van der Waals surface area (Å²) in [6, 6.07) is 17.9. The zero-order chi connectivity index (χ0) is 16.5. The molecule has 2 aromatic carbocycles. The van der Waals surface area contributed by atoms with Crippen molar-refractivity contribution in [3.8, 4) is 0 Å². The summed E-state index contributed by atoms with van der Waals surface area (Å²) in [6.45, 7) is 0.145. The van der Waals surface area contributed by atoms with Gasteiger partial charge in [-0.25, -0.2) is 9.59 Å². The molecule has 1 atom stereocenters. The normalized spacial score (nSPS) is 11.3. The van der Waals surface area contributed by atoms with Gasteiger partial charge in [-0.15, -0.1) is 0 Å². The van der Waals surface area contributed by atoms with Crippen LogP contribution in [0.2, 0.25) is 0 Å². The summed E-state index contributed by atoms with van der Waals surface area (Å²) in [6.07, 6.45) is -0.311. The molecule has 1 amide bonds. The fraction of sp³-hybridized carbons (Fsp3) is 0.222. The van der Waals surface area contributed by atoms with Crippen LogP contribution in [0.15, 0.2) is 60.7 Å². The first-order chi connectivity index (χ1) is 11.2. The van der Waals surface area contributed by atoms with E-state index in [9.17, 15) is 9.59 Å². The molecule has 0 bridgehead atoms. The van der Waals surface area contributed by atoms with Gasteiger partial charge in [0, 0.05) is 6.42 Å². The lowest BCUT2D eigenvalue weighted by Gasteiger charge is -2.16. The highest BCUT2D eigenvalue weighted by atomic mass is 16.6. The maximum absolute atomic E-state index is 11.9. The van der Waals surface area contributed by atoms with Crippen LogP contribution in [0.1, 0.15) is 11.1 Å². The van der Waals surface area contributed by atoms with Crippen molar-refractivity contribution in [2.24, 2.45) is 0 Å². The van der Waals surface area contributed by atoms with Gasteiger partial charge in [0.2, 0.25) is 0 Å². The minimum atomic E-state index is -0.786. The van der Waals surface area contributed by atoms with Crippen molar-refractivity contribution in [3.63, 3.8) is 0 Å². The number of carbonyl (C=O) groups excluding carboxylic acids is 2. The molecule has 0 radical (unpaired) electrons. The van der Waals surface area contributed by atoms with Crippen LogP contribution in [-0.2, 0) is 27.3 Å². The molecule has 23 heavy (non-hydrogen) atoms. The predicted molar refractivity (Wildman–Crippen MR) is 85.7 cm³/mol. The van der Waals surface area contributed by atoms with E-state index in [1.54, 1.807) is 0 Å². The van der Waals surface area contributed by atoms with Gasteiger partial charge in [-0.1, -0.05) is 60.7 Å². The lowest BCUT2D eigenvalue weighted by molar-refractivity contribution is -0.143. The van der Waals surface area contributed by atoms with E-state index in [1.807, 2.05) is 60.7 Å². The molecule has 120 valence electrons. The first-order valence-electron chi connectivity index (χ1n) is 7.28. The van der Waals surface area contributed by atoms with Crippen LogP contribution in [0, 0.1) is 0 Å². The van der Waals surface area contributed by atoms with Crippen LogP contribution in [0.3, 0.4) is 0 Å². The monoisotopic (exact) mass is 313 g/mol. The summed E-state index contributed by atoms with van der Waals surface area (Å²) in [5.41, 5.74) is 1.80. The highest BCUT2D eigenvalue weighted by Crippen LogP contribution is 2.06. The molecule has 0 heterocycles. The zero-order valence-electron chi connectivity index (χ0n) is 12.9. The van der Waals surface area contributed by atoms with E-state index in [2.05, 4.69) is 5.32 Å². The first kappa shape index (κ1) is 16.5. The van der Waals surface area contributed by atoms with E-state index in [4.69, 9.17) is 9.47 Å². The molecule has 2 aromatic rings. The molecule has 5 heteroatoms. The molecular weight excluding hydrogens is 294 g/mol. The molecular formula is C18H19NO4. The number of alkyl carbamates (subject to hydrolysis) is 1. The Kier molecular flexibility index (Phi) is 6.17. The Morgan fingerprint density at radius 2 is 1.52 bits per heavy atom. The first-order valence-corrected chi connectivity index (χ1v) is 7.28. The number of rotatable bonds is 6. The molecule has 1 unspecified atom stereocenters. The van der Waals surface area contributed by atoms with Crippen LogP contribution in [0.25, 0.3) is 0 Å². The average Bonchev–Trinajstić information content (AvgIpc) is 2.60. The van der Waals surface area contributed by atoms with Gasteiger partial charge in [0.1, 0.15) is 12.6 Å². The third-order valence-corrected chi connectivity index (χ3v) is 3.27. The number of esters is 1. The van der Waals surface area contributed by atoms with Gasteiger partial charge in [-0.05, 0) is 11.1 Å². The summed E-state index contributed by atoms with van der Waals surface area (Å²) in [7, 11) is 1.29. The summed E-state index contributed by atoms with van der Waals surface area (Å²) in [5.74, 6) is -0.509. The fourth-order valence-electron chi connectivity index (χ4n) is 2.09. The summed E-state index contributed by atoms with van der Waals surface area (Å²) < 4.78 is 9.87. The summed E-state index contributed by atoms with van der Waals surface area (Å²) in [5, 5.41) is 2.55. The largest absolute Gasteiger partial charge is 0.467 e. The van der Waals surface area contributed by atoms with Crippen molar-refractivity contribution in [1.82, 2.24) is 5.32 Å². The minimum absolute atomic E-state index is 0.145. The molecule has 0 aromatic heterocycles. The molecule has 0 aliphatic rings. The van der Waals surface area contributed by atoms with E-state index < -0.39 is 18.1 Å². The average molecular weight is 313 g/mol. The Morgan fingerprint density at radius 3 is 2.09 bits per heavy atom. The van der Waals surface area contributed by atoms with E-state index in [-0.39, 0.29) is 6.61 Å². The predicted octanol–water partition coefficient (Wildman–Crippen LogP) is 2.70. The number of hydrogen-bond acceptors (Lipinski definition) is 4. The highest BCUT2D eigenvalue weighted by Gasteiger charge is 2.22. The molecule has 0 fully saturated rings. The lowest BCUT2D eigenvalue weighted by Crippen LogP contribution is -2.43. The van der Waals surface area contributed by atoms with Crippen molar-refractivity contribution >= 4 is 12.1 Å². The Labute approximate surface area is 135 Å². The second-order valence-corrected chi connectivity index (χ2v) is 4.97.